The van der Waals surface area contributed by atoms with Crippen molar-refractivity contribution in [2.45, 2.75) is 181 Å². The van der Waals surface area contributed by atoms with Crippen molar-refractivity contribution in [3.63, 3.8) is 0 Å². The summed E-state index contributed by atoms with van der Waals surface area (Å²) in [7, 11) is -6.14. The molecule has 0 amide bonds. The maximum atomic E-state index is 11.7. The number of aliphatic hydroxyl groups is 1. The van der Waals surface area contributed by atoms with Crippen LogP contribution in [0.4, 0.5) is 0 Å². The Bertz CT molecular complexity index is 1780. The largest absolute Gasteiger partial charge is 0.417 e. The Morgan fingerprint density at radius 1 is 0.603 bits per heavy atom. The topological polar surface area (TPSA) is 57.2 Å². The summed E-state index contributed by atoms with van der Waals surface area (Å²) in [5.41, 5.74) is 2.40. The van der Waals surface area contributed by atoms with Crippen LogP contribution in [0.5, 0.6) is 0 Å². The number of hydrogen-bond donors (Lipinski definition) is 1. The standard InChI is InChI=1S/C55H88O5Si3/c1-43(30-28-40-57-55(46-32-22-19-23-33-46,47-34-24-20-25-35-47)48-36-26-21-27-37-48)50(59-62(15,16)53(7,8)9)42-49(56)39-38-45(3)51(60-63(17,18)54(10,11)12)44(2)31-29-41-58-61(13,14)52(4,5)6/h19-28,30,32-37,43-45,49-51,56H,29,31,40-42H2,1-18H3/t43-,44+,45+,49-,50+,51-/m1/s1. The fourth-order valence-electron chi connectivity index (χ4n) is 7.19. The maximum absolute atomic E-state index is 11.7. The Balaban J connectivity index is 1.88. The van der Waals surface area contributed by atoms with E-state index in [1.807, 2.05) is 18.2 Å². The molecule has 350 valence electrons. The second-order valence-electron chi connectivity index (χ2n) is 22.7. The third kappa shape index (κ3) is 15.2. The summed E-state index contributed by atoms with van der Waals surface area (Å²) in [4.78, 5) is 0. The molecule has 0 spiro atoms. The molecular formula is C55H88O5Si3. The summed E-state index contributed by atoms with van der Waals surface area (Å²) in [5.74, 6) is 7.05. The molecule has 0 aliphatic heterocycles. The predicted octanol–water partition coefficient (Wildman–Crippen LogP) is 14.8. The van der Waals surface area contributed by atoms with Crippen LogP contribution < -0.4 is 0 Å². The van der Waals surface area contributed by atoms with Gasteiger partial charge in [0.25, 0.3) is 0 Å². The van der Waals surface area contributed by atoms with E-state index in [4.69, 9.17) is 18.0 Å². The van der Waals surface area contributed by atoms with Crippen molar-refractivity contribution in [2.75, 3.05) is 13.2 Å². The minimum Gasteiger partial charge on any atom is -0.417 e. The molecular weight excluding hydrogens is 825 g/mol. The zero-order valence-electron chi connectivity index (χ0n) is 42.9. The van der Waals surface area contributed by atoms with E-state index in [9.17, 15) is 5.11 Å². The summed E-state index contributed by atoms with van der Waals surface area (Å²) < 4.78 is 27.9. The van der Waals surface area contributed by atoms with Crippen molar-refractivity contribution >= 4 is 25.0 Å². The van der Waals surface area contributed by atoms with E-state index in [1.165, 1.54) is 0 Å². The summed E-state index contributed by atoms with van der Waals surface area (Å²) >= 11 is 0. The number of hydrogen-bond acceptors (Lipinski definition) is 5. The first-order chi connectivity index (χ1) is 29.1. The van der Waals surface area contributed by atoms with Crippen LogP contribution in [0.2, 0.25) is 54.4 Å². The zero-order chi connectivity index (χ0) is 47.5. The van der Waals surface area contributed by atoms with E-state index in [2.05, 4.69) is 219 Å². The van der Waals surface area contributed by atoms with Gasteiger partial charge in [-0.3, -0.25) is 0 Å². The lowest BCUT2D eigenvalue weighted by Gasteiger charge is -2.42. The zero-order valence-corrected chi connectivity index (χ0v) is 45.9. The molecule has 5 nitrogen and oxygen atoms in total. The molecule has 0 saturated heterocycles. The average molecular weight is 914 g/mol. The van der Waals surface area contributed by atoms with Crippen molar-refractivity contribution in [2.24, 2.45) is 17.8 Å². The number of rotatable bonds is 21. The van der Waals surface area contributed by atoms with Crippen LogP contribution in [-0.2, 0) is 23.6 Å². The van der Waals surface area contributed by atoms with Gasteiger partial charge in [-0.05, 0) is 103 Å². The van der Waals surface area contributed by atoms with Crippen LogP contribution in [0.1, 0.15) is 119 Å². The van der Waals surface area contributed by atoms with Crippen LogP contribution >= 0.6 is 0 Å². The van der Waals surface area contributed by atoms with E-state index < -0.39 is 36.7 Å². The van der Waals surface area contributed by atoms with Crippen molar-refractivity contribution < 1.29 is 23.1 Å². The van der Waals surface area contributed by atoms with Gasteiger partial charge < -0.3 is 23.1 Å². The van der Waals surface area contributed by atoms with Gasteiger partial charge in [0.2, 0.25) is 0 Å². The van der Waals surface area contributed by atoms with Crippen LogP contribution in [0.25, 0.3) is 0 Å². The van der Waals surface area contributed by atoms with Crippen LogP contribution in [0.3, 0.4) is 0 Å². The quantitative estimate of drug-likeness (QED) is 0.0379. The fraction of sp³-hybridized carbons (Fsp3) is 0.600. The van der Waals surface area contributed by atoms with E-state index >= 15 is 0 Å². The Hall–Kier alpha value is -2.59. The van der Waals surface area contributed by atoms with Gasteiger partial charge in [-0.2, -0.15) is 0 Å². The second-order valence-corrected chi connectivity index (χ2v) is 37.0. The van der Waals surface area contributed by atoms with E-state index in [0.717, 1.165) is 36.1 Å². The average Bonchev–Trinajstić information content (AvgIpc) is 3.20. The Morgan fingerprint density at radius 3 is 1.46 bits per heavy atom. The molecule has 0 aliphatic rings. The van der Waals surface area contributed by atoms with Crippen molar-refractivity contribution in [3.8, 4) is 11.8 Å². The molecule has 63 heavy (non-hydrogen) atoms. The molecule has 3 aromatic carbocycles. The fourth-order valence-corrected chi connectivity index (χ4v) is 11.2. The third-order valence-electron chi connectivity index (χ3n) is 14.5. The van der Waals surface area contributed by atoms with Gasteiger partial charge in [0.1, 0.15) is 11.7 Å². The van der Waals surface area contributed by atoms with E-state index in [-0.39, 0.29) is 45.1 Å². The Kier molecular flexibility index (Phi) is 19.8. The van der Waals surface area contributed by atoms with Crippen LogP contribution in [0.15, 0.2) is 103 Å². The molecule has 0 bridgehead atoms. The first-order valence-corrected chi connectivity index (χ1v) is 32.4. The lowest BCUT2D eigenvalue weighted by molar-refractivity contribution is 0.0314. The molecule has 8 heteroatoms. The number of benzene rings is 3. The van der Waals surface area contributed by atoms with Crippen LogP contribution in [0, 0.1) is 29.6 Å². The van der Waals surface area contributed by atoms with E-state index in [0.29, 0.717) is 13.0 Å². The minimum atomic E-state index is -2.22. The molecule has 1 N–H and O–H groups in total. The van der Waals surface area contributed by atoms with Gasteiger partial charge in [-0.25, -0.2) is 0 Å². The highest BCUT2D eigenvalue weighted by molar-refractivity contribution is 6.75. The molecule has 3 aromatic rings. The van der Waals surface area contributed by atoms with Gasteiger partial charge in [-0.1, -0.05) is 191 Å². The van der Waals surface area contributed by atoms with Crippen molar-refractivity contribution in [3.05, 3.63) is 120 Å². The third-order valence-corrected chi connectivity index (χ3v) is 28.0. The SMILES string of the molecule is C[C@H](C=CCOC(c1ccccc1)(c1ccccc1)c1ccccc1)[C@H](C[C@H](O)C#C[C@H](C)[C@H](O[Si](C)(C)C(C)(C)C)[C@@H](C)CCCO[Si](C)(C)C(C)(C)C)O[Si](C)(C)C(C)(C)C. The molecule has 0 unspecified atom stereocenters. The van der Waals surface area contributed by atoms with Gasteiger partial charge in [0, 0.05) is 18.9 Å². The molecule has 0 aromatic heterocycles. The summed E-state index contributed by atoms with van der Waals surface area (Å²) in [6.07, 6.45) is 5.60. The smallest absolute Gasteiger partial charge is 0.192 e. The van der Waals surface area contributed by atoms with Crippen LogP contribution in [-0.4, -0.2) is 61.6 Å². The number of aliphatic hydroxyl groups excluding tert-OH is 1. The highest BCUT2D eigenvalue weighted by Crippen LogP contribution is 2.43. The molecule has 3 rings (SSSR count). The predicted molar refractivity (Wildman–Crippen MR) is 277 cm³/mol. The van der Waals surface area contributed by atoms with E-state index in [1.54, 1.807) is 0 Å². The van der Waals surface area contributed by atoms with Gasteiger partial charge >= 0.3 is 0 Å². The lowest BCUT2D eigenvalue weighted by Crippen LogP contribution is -2.47. The highest BCUT2D eigenvalue weighted by Gasteiger charge is 2.43. The molecule has 0 saturated carbocycles. The summed E-state index contributed by atoms with van der Waals surface area (Å²) in [6, 6.07) is 31.5. The molecule has 0 heterocycles. The van der Waals surface area contributed by atoms with Gasteiger partial charge in [-0.15, -0.1) is 0 Å². The first kappa shape index (κ1) is 54.7. The molecule has 0 aliphatic carbocycles. The van der Waals surface area contributed by atoms with Crippen molar-refractivity contribution in [1.29, 1.82) is 0 Å². The summed E-state index contributed by atoms with van der Waals surface area (Å²) in [6.45, 7) is 42.3. The normalized spacial score (nSPS) is 16.5. The Morgan fingerprint density at radius 2 is 1.03 bits per heavy atom. The van der Waals surface area contributed by atoms with Gasteiger partial charge in [0.15, 0.2) is 25.0 Å². The summed E-state index contributed by atoms with van der Waals surface area (Å²) in [5, 5.41) is 12.0. The lowest BCUT2D eigenvalue weighted by atomic mass is 9.80. The first-order valence-electron chi connectivity index (χ1n) is 23.7. The maximum Gasteiger partial charge on any atom is 0.192 e. The second kappa shape index (κ2) is 22.7. The van der Waals surface area contributed by atoms with Gasteiger partial charge in [0.05, 0.1) is 18.8 Å². The molecule has 0 radical (unpaired) electrons. The molecule has 0 fully saturated rings. The highest BCUT2D eigenvalue weighted by atomic mass is 28.4. The van der Waals surface area contributed by atoms with Crippen molar-refractivity contribution in [1.82, 2.24) is 0 Å². The Labute approximate surface area is 389 Å². The molecule has 6 atom stereocenters. The monoisotopic (exact) mass is 913 g/mol. The minimum absolute atomic E-state index is 0.000552. The number of ether oxygens (including phenoxy) is 1.